The van der Waals surface area contributed by atoms with Crippen molar-refractivity contribution < 1.29 is 17.9 Å². The van der Waals surface area contributed by atoms with Crippen LogP contribution < -0.4 is 4.72 Å². The molecule has 34 heavy (non-hydrogen) atoms. The van der Waals surface area contributed by atoms with Gasteiger partial charge in [-0.05, 0) is 68.0 Å². The zero-order valence-corrected chi connectivity index (χ0v) is 21.3. The van der Waals surface area contributed by atoms with Crippen molar-refractivity contribution in [3.8, 4) is 0 Å². The highest BCUT2D eigenvalue weighted by Gasteiger charge is 2.29. The molecule has 1 saturated heterocycles. The number of Topliss-reactive ketones (excluding diaryl/α,β-unsaturated/α-hetero) is 1. The van der Waals surface area contributed by atoms with Crippen LogP contribution in [0, 0.1) is 0 Å². The summed E-state index contributed by atoms with van der Waals surface area (Å²) in [5.74, 6) is -0.344. The molecule has 1 fully saturated rings. The molecule has 0 bridgehead atoms. The van der Waals surface area contributed by atoms with E-state index in [9.17, 15) is 13.2 Å². The first-order valence-corrected chi connectivity index (χ1v) is 13.0. The predicted molar refractivity (Wildman–Crippen MR) is 138 cm³/mol. The Labute approximate surface area is 207 Å². The first kappa shape index (κ1) is 25.9. The van der Waals surface area contributed by atoms with Crippen LogP contribution in [0.15, 0.2) is 83.3 Å². The van der Waals surface area contributed by atoms with E-state index in [-0.39, 0.29) is 27.3 Å². The molecule has 1 aliphatic rings. The number of benzene rings is 2. The number of allylic oxidation sites excluding steroid dienone is 5. The van der Waals surface area contributed by atoms with Gasteiger partial charge in [0.25, 0.3) is 10.0 Å². The molecular weight excluding hydrogens is 470 g/mol. The highest BCUT2D eigenvalue weighted by Crippen LogP contribution is 2.35. The Morgan fingerprint density at radius 3 is 2.35 bits per heavy atom. The number of hydrogen-bond acceptors (Lipinski definition) is 4. The molecule has 180 valence electrons. The van der Waals surface area contributed by atoms with E-state index in [1.807, 2.05) is 19.1 Å². The summed E-state index contributed by atoms with van der Waals surface area (Å²) in [6, 6.07) is 11.4. The van der Waals surface area contributed by atoms with E-state index in [0.717, 1.165) is 24.0 Å². The zero-order chi connectivity index (χ0) is 24.9. The lowest BCUT2D eigenvalue weighted by atomic mass is 9.76. The number of hydrogen-bond donors (Lipinski definition) is 1. The summed E-state index contributed by atoms with van der Waals surface area (Å²) in [6.07, 6.45) is 6.82. The smallest absolute Gasteiger partial charge is 0.261 e. The van der Waals surface area contributed by atoms with Gasteiger partial charge in [0, 0.05) is 29.4 Å². The van der Waals surface area contributed by atoms with Crippen molar-refractivity contribution in [2.24, 2.45) is 0 Å². The summed E-state index contributed by atoms with van der Waals surface area (Å²) < 4.78 is 34.4. The molecule has 1 aliphatic heterocycles. The molecule has 7 heteroatoms. The van der Waals surface area contributed by atoms with Gasteiger partial charge in [-0.25, -0.2) is 8.42 Å². The normalized spacial score (nSPS) is 16.4. The molecular formula is C27H30ClNO4S. The maximum absolute atomic E-state index is 13.2. The van der Waals surface area contributed by atoms with Crippen molar-refractivity contribution in [3.63, 3.8) is 0 Å². The lowest BCUT2D eigenvalue weighted by molar-refractivity contribution is 0.0564. The van der Waals surface area contributed by atoms with Gasteiger partial charge in [-0.3, -0.25) is 9.52 Å². The van der Waals surface area contributed by atoms with Crippen molar-refractivity contribution in [2.45, 2.75) is 43.9 Å². The van der Waals surface area contributed by atoms with E-state index in [0.29, 0.717) is 23.8 Å². The van der Waals surface area contributed by atoms with Crippen LogP contribution in [0.1, 0.15) is 49.5 Å². The standard InChI is InChI=1S/C27H30ClNO4S/c1-5-20(7-6-19(2)3)26(30)24-18-22(28)10-13-25(24)29-34(31,32)23-11-8-21(9-12-23)27(4)14-16-33-17-15-27/h5-13,18,29H,2,14-17H2,1,3-4H3/b7-6-,20-5+. The van der Waals surface area contributed by atoms with Gasteiger partial charge in [0.15, 0.2) is 5.78 Å². The Bertz CT molecular complexity index is 1240. The van der Waals surface area contributed by atoms with Crippen LogP contribution in [0.3, 0.4) is 0 Å². The van der Waals surface area contributed by atoms with Gasteiger partial charge in [-0.15, -0.1) is 0 Å². The van der Waals surface area contributed by atoms with Gasteiger partial charge < -0.3 is 4.74 Å². The van der Waals surface area contributed by atoms with E-state index in [1.165, 1.54) is 12.1 Å². The van der Waals surface area contributed by atoms with Gasteiger partial charge in [-0.2, -0.15) is 0 Å². The third kappa shape index (κ3) is 6.06. The second-order valence-electron chi connectivity index (χ2n) is 8.75. The molecule has 0 radical (unpaired) electrons. The van der Waals surface area contributed by atoms with Crippen molar-refractivity contribution >= 4 is 33.1 Å². The number of halogens is 1. The average Bonchev–Trinajstić information content (AvgIpc) is 2.81. The summed E-state index contributed by atoms with van der Waals surface area (Å²) >= 11 is 6.14. The van der Waals surface area contributed by atoms with Crippen LogP contribution >= 0.6 is 11.6 Å². The van der Waals surface area contributed by atoms with Gasteiger partial charge >= 0.3 is 0 Å². The van der Waals surface area contributed by atoms with Crippen molar-refractivity contribution in [1.82, 2.24) is 0 Å². The number of ether oxygens (including phenoxy) is 1. The minimum atomic E-state index is -3.93. The van der Waals surface area contributed by atoms with Crippen LogP contribution in [0.25, 0.3) is 0 Å². The quantitative estimate of drug-likeness (QED) is 0.256. The van der Waals surface area contributed by atoms with E-state index >= 15 is 0 Å². The van der Waals surface area contributed by atoms with E-state index < -0.39 is 10.0 Å². The van der Waals surface area contributed by atoms with Crippen LogP contribution in [0.4, 0.5) is 5.69 Å². The molecule has 0 aromatic heterocycles. The van der Waals surface area contributed by atoms with Crippen LogP contribution in [0.2, 0.25) is 5.02 Å². The molecule has 0 aliphatic carbocycles. The maximum Gasteiger partial charge on any atom is 0.261 e. The van der Waals surface area contributed by atoms with E-state index in [2.05, 4.69) is 18.2 Å². The molecule has 0 amide bonds. The second kappa shape index (κ2) is 10.7. The summed E-state index contributed by atoms with van der Waals surface area (Å²) in [5.41, 5.74) is 2.57. The minimum Gasteiger partial charge on any atom is -0.381 e. The fourth-order valence-corrected chi connectivity index (χ4v) is 5.09. The summed E-state index contributed by atoms with van der Waals surface area (Å²) in [5, 5.41) is 0.333. The Morgan fingerprint density at radius 2 is 1.76 bits per heavy atom. The number of rotatable bonds is 8. The summed E-state index contributed by atoms with van der Waals surface area (Å²) in [4.78, 5) is 13.3. The molecule has 0 atom stereocenters. The highest BCUT2D eigenvalue weighted by atomic mass is 35.5. The largest absolute Gasteiger partial charge is 0.381 e. The van der Waals surface area contributed by atoms with Crippen LogP contribution in [-0.4, -0.2) is 27.4 Å². The van der Waals surface area contributed by atoms with Crippen molar-refractivity contribution in [2.75, 3.05) is 17.9 Å². The summed E-state index contributed by atoms with van der Waals surface area (Å²) in [6.45, 7) is 10.9. The fourth-order valence-electron chi connectivity index (χ4n) is 3.83. The Morgan fingerprint density at radius 1 is 1.12 bits per heavy atom. The second-order valence-corrected chi connectivity index (χ2v) is 10.9. The average molecular weight is 500 g/mol. The number of carbonyl (C=O) groups excluding carboxylic acids is 1. The molecule has 0 spiro atoms. The molecule has 5 nitrogen and oxygen atoms in total. The Kier molecular flexibility index (Phi) is 8.18. The number of sulfonamides is 1. The number of anilines is 1. The number of ketones is 1. The Balaban J connectivity index is 1.90. The van der Waals surface area contributed by atoms with E-state index in [4.69, 9.17) is 16.3 Å². The van der Waals surface area contributed by atoms with Crippen LogP contribution in [0.5, 0.6) is 0 Å². The molecule has 2 aromatic rings. The third-order valence-corrected chi connectivity index (χ3v) is 7.67. The molecule has 1 heterocycles. The predicted octanol–water partition coefficient (Wildman–Crippen LogP) is 6.47. The van der Waals surface area contributed by atoms with Crippen LogP contribution in [-0.2, 0) is 20.2 Å². The zero-order valence-electron chi connectivity index (χ0n) is 19.7. The first-order chi connectivity index (χ1) is 16.1. The number of nitrogens with one attached hydrogen (secondary N) is 1. The SMILES string of the molecule is C=C(C)/C=C\C(=C/C)C(=O)c1cc(Cl)ccc1NS(=O)(=O)c1ccc(C2(C)CCOCC2)cc1. The third-order valence-electron chi connectivity index (χ3n) is 6.05. The summed E-state index contributed by atoms with van der Waals surface area (Å²) in [7, 11) is -3.93. The van der Waals surface area contributed by atoms with Crippen molar-refractivity contribution in [1.29, 1.82) is 0 Å². The molecule has 0 unspecified atom stereocenters. The topological polar surface area (TPSA) is 72.5 Å². The monoisotopic (exact) mass is 499 g/mol. The van der Waals surface area contributed by atoms with Gasteiger partial charge in [0.2, 0.25) is 0 Å². The highest BCUT2D eigenvalue weighted by molar-refractivity contribution is 7.92. The van der Waals surface area contributed by atoms with E-state index in [1.54, 1.807) is 43.4 Å². The fraction of sp³-hybridized carbons (Fsp3) is 0.296. The van der Waals surface area contributed by atoms with Gasteiger partial charge in [0.1, 0.15) is 0 Å². The molecule has 0 saturated carbocycles. The lowest BCUT2D eigenvalue weighted by Gasteiger charge is -2.34. The number of carbonyl (C=O) groups is 1. The van der Waals surface area contributed by atoms with Gasteiger partial charge in [0.05, 0.1) is 10.6 Å². The molecule has 1 N–H and O–H groups in total. The van der Waals surface area contributed by atoms with Crippen molar-refractivity contribution in [3.05, 3.63) is 94.6 Å². The maximum atomic E-state index is 13.2. The minimum absolute atomic E-state index is 0.0378. The first-order valence-electron chi connectivity index (χ1n) is 11.1. The molecule has 2 aromatic carbocycles. The molecule has 3 rings (SSSR count). The Hall–Kier alpha value is -2.67. The van der Waals surface area contributed by atoms with Gasteiger partial charge in [-0.1, -0.05) is 61.0 Å². The lowest BCUT2D eigenvalue weighted by Crippen LogP contribution is -2.30.